The SMILES string of the molecule is C[C@@](F)(CF)C(N)=O. The van der Waals surface area contributed by atoms with Crippen molar-refractivity contribution in [3.8, 4) is 0 Å². The maximum Gasteiger partial charge on any atom is 0.257 e. The van der Waals surface area contributed by atoms with Crippen molar-refractivity contribution >= 4 is 5.91 Å². The molecule has 0 saturated carbocycles. The zero-order chi connectivity index (χ0) is 6.78. The van der Waals surface area contributed by atoms with Crippen molar-refractivity contribution in [3.63, 3.8) is 0 Å². The number of nitrogens with two attached hydrogens (primary N) is 1. The highest BCUT2D eigenvalue weighted by Gasteiger charge is 2.29. The molecular weight excluding hydrogens is 116 g/mol. The fraction of sp³-hybridized carbons (Fsp3) is 0.750. The Morgan fingerprint density at radius 2 is 2.25 bits per heavy atom. The first-order valence-electron chi connectivity index (χ1n) is 2.05. The van der Waals surface area contributed by atoms with Gasteiger partial charge in [0.2, 0.25) is 5.67 Å². The van der Waals surface area contributed by atoms with Crippen LogP contribution in [0.2, 0.25) is 0 Å². The van der Waals surface area contributed by atoms with Gasteiger partial charge in [0, 0.05) is 0 Å². The van der Waals surface area contributed by atoms with Crippen LogP contribution in [0, 0.1) is 0 Å². The lowest BCUT2D eigenvalue weighted by Gasteiger charge is -2.08. The summed E-state index contributed by atoms with van der Waals surface area (Å²) < 4.78 is 23.4. The second-order valence-corrected chi connectivity index (χ2v) is 1.70. The van der Waals surface area contributed by atoms with E-state index in [4.69, 9.17) is 0 Å². The molecule has 0 aromatic carbocycles. The number of carbonyl (C=O) groups excluding carboxylic acids is 1. The number of primary amides is 1. The third kappa shape index (κ3) is 1.44. The number of amides is 1. The van der Waals surface area contributed by atoms with Crippen molar-refractivity contribution in [1.29, 1.82) is 0 Å². The lowest BCUT2D eigenvalue weighted by molar-refractivity contribution is -0.129. The number of rotatable bonds is 2. The maximum absolute atomic E-state index is 12.1. The molecule has 0 aromatic rings. The van der Waals surface area contributed by atoms with Crippen LogP contribution in [-0.4, -0.2) is 18.3 Å². The fourth-order valence-corrected chi connectivity index (χ4v) is 0.0659. The molecule has 0 radical (unpaired) electrons. The second-order valence-electron chi connectivity index (χ2n) is 1.70. The van der Waals surface area contributed by atoms with Gasteiger partial charge >= 0.3 is 0 Å². The highest BCUT2D eigenvalue weighted by molar-refractivity contribution is 5.82. The summed E-state index contributed by atoms with van der Waals surface area (Å²) in [4.78, 5) is 9.86. The zero-order valence-electron chi connectivity index (χ0n) is 4.45. The zero-order valence-corrected chi connectivity index (χ0v) is 4.45. The predicted molar refractivity (Wildman–Crippen MR) is 24.7 cm³/mol. The number of hydrogen-bond donors (Lipinski definition) is 1. The Kier molecular flexibility index (Phi) is 1.89. The van der Waals surface area contributed by atoms with Gasteiger partial charge in [-0.1, -0.05) is 0 Å². The van der Waals surface area contributed by atoms with Crippen LogP contribution in [0.25, 0.3) is 0 Å². The van der Waals surface area contributed by atoms with Crippen molar-refractivity contribution in [2.75, 3.05) is 6.67 Å². The van der Waals surface area contributed by atoms with Gasteiger partial charge in [0.05, 0.1) is 0 Å². The molecule has 0 spiro atoms. The molecule has 48 valence electrons. The lowest BCUT2D eigenvalue weighted by atomic mass is 10.1. The van der Waals surface area contributed by atoms with Crippen molar-refractivity contribution in [2.24, 2.45) is 5.73 Å². The van der Waals surface area contributed by atoms with E-state index in [1.807, 2.05) is 0 Å². The van der Waals surface area contributed by atoms with E-state index in [0.29, 0.717) is 0 Å². The minimum absolute atomic E-state index is 0.801. The summed E-state index contributed by atoms with van der Waals surface area (Å²) in [6, 6.07) is 0. The summed E-state index contributed by atoms with van der Waals surface area (Å²) in [5.41, 5.74) is 1.94. The standard InChI is InChI=1S/C4H7F2NO/c1-4(6,2-5)3(7)8/h2H2,1H3,(H2,7,8)/t4-/m1/s1. The first-order chi connectivity index (χ1) is 3.50. The molecule has 0 saturated heterocycles. The van der Waals surface area contributed by atoms with Crippen LogP contribution in [0.4, 0.5) is 8.78 Å². The van der Waals surface area contributed by atoms with Gasteiger partial charge in [-0.05, 0) is 6.92 Å². The van der Waals surface area contributed by atoms with E-state index in [0.717, 1.165) is 6.92 Å². The maximum atomic E-state index is 12.1. The van der Waals surface area contributed by atoms with Crippen molar-refractivity contribution in [1.82, 2.24) is 0 Å². The van der Waals surface area contributed by atoms with Gasteiger partial charge in [0.15, 0.2) is 0 Å². The molecule has 0 fully saturated rings. The van der Waals surface area contributed by atoms with Crippen molar-refractivity contribution in [2.45, 2.75) is 12.6 Å². The van der Waals surface area contributed by atoms with Gasteiger partial charge in [-0.2, -0.15) is 0 Å². The topological polar surface area (TPSA) is 43.1 Å². The third-order valence-electron chi connectivity index (χ3n) is 0.765. The molecular formula is C4H7F2NO. The molecule has 4 heteroatoms. The normalized spacial score (nSPS) is 17.4. The number of alkyl halides is 2. The van der Waals surface area contributed by atoms with E-state index in [1.165, 1.54) is 0 Å². The van der Waals surface area contributed by atoms with Gasteiger partial charge in [-0.3, -0.25) is 4.79 Å². The van der Waals surface area contributed by atoms with E-state index in [9.17, 15) is 13.6 Å². The minimum atomic E-state index is -2.49. The number of halogens is 2. The molecule has 0 aliphatic rings. The predicted octanol–water partition coefficient (Wildman–Crippen LogP) is 0.169. The molecule has 2 nitrogen and oxygen atoms in total. The first kappa shape index (κ1) is 7.33. The molecule has 0 heterocycles. The van der Waals surface area contributed by atoms with Crippen LogP contribution < -0.4 is 5.73 Å². The van der Waals surface area contributed by atoms with Crippen LogP contribution >= 0.6 is 0 Å². The summed E-state index contributed by atoms with van der Waals surface area (Å²) in [6.45, 7) is -0.558. The average Bonchev–Trinajstić information content (AvgIpc) is 1.67. The number of carbonyl (C=O) groups is 1. The van der Waals surface area contributed by atoms with Crippen molar-refractivity contribution < 1.29 is 13.6 Å². The fourth-order valence-electron chi connectivity index (χ4n) is 0.0659. The largest absolute Gasteiger partial charge is 0.367 e. The van der Waals surface area contributed by atoms with E-state index in [1.54, 1.807) is 0 Å². The summed E-state index contributed by atoms with van der Waals surface area (Å²) in [7, 11) is 0. The van der Waals surface area contributed by atoms with Gasteiger partial charge < -0.3 is 5.73 Å². The summed E-state index contributed by atoms with van der Waals surface area (Å²) in [5.74, 6) is -1.26. The summed E-state index contributed by atoms with van der Waals surface area (Å²) >= 11 is 0. The van der Waals surface area contributed by atoms with Crippen LogP contribution in [-0.2, 0) is 4.79 Å². The average molecular weight is 123 g/mol. The Morgan fingerprint density at radius 3 is 2.25 bits per heavy atom. The molecule has 0 aromatic heterocycles. The Morgan fingerprint density at radius 1 is 1.88 bits per heavy atom. The molecule has 0 bridgehead atoms. The van der Waals surface area contributed by atoms with Crippen LogP contribution in [0.1, 0.15) is 6.92 Å². The molecule has 0 unspecified atom stereocenters. The molecule has 1 atom stereocenters. The summed E-state index contributed by atoms with van der Waals surface area (Å²) in [5, 5.41) is 0. The second kappa shape index (κ2) is 2.07. The Bertz CT molecular complexity index is 102. The summed E-state index contributed by atoms with van der Waals surface area (Å²) in [6.07, 6.45) is 0. The van der Waals surface area contributed by atoms with Gasteiger partial charge in [0.1, 0.15) is 6.67 Å². The van der Waals surface area contributed by atoms with E-state index >= 15 is 0 Å². The smallest absolute Gasteiger partial charge is 0.257 e. The molecule has 1 amide bonds. The van der Waals surface area contributed by atoms with Crippen LogP contribution in [0.15, 0.2) is 0 Å². The van der Waals surface area contributed by atoms with Crippen molar-refractivity contribution in [3.05, 3.63) is 0 Å². The Balaban J connectivity index is 3.91. The monoisotopic (exact) mass is 123 g/mol. The lowest BCUT2D eigenvalue weighted by Crippen LogP contribution is -2.38. The van der Waals surface area contributed by atoms with Crippen LogP contribution in [0.5, 0.6) is 0 Å². The first-order valence-corrected chi connectivity index (χ1v) is 2.05. The molecule has 0 aliphatic heterocycles. The van der Waals surface area contributed by atoms with Crippen LogP contribution in [0.3, 0.4) is 0 Å². The quantitative estimate of drug-likeness (QED) is 0.558. The third-order valence-corrected chi connectivity index (χ3v) is 0.765. The van der Waals surface area contributed by atoms with Gasteiger partial charge in [0.25, 0.3) is 5.91 Å². The van der Waals surface area contributed by atoms with Gasteiger partial charge in [-0.15, -0.1) is 0 Å². The highest BCUT2D eigenvalue weighted by Crippen LogP contribution is 2.08. The Labute approximate surface area is 45.7 Å². The molecule has 0 aliphatic carbocycles. The van der Waals surface area contributed by atoms with Gasteiger partial charge in [-0.25, -0.2) is 8.78 Å². The Hall–Kier alpha value is -0.670. The minimum Gasteiger partial charge on any atom is -0.367 e. The molecule has 8 heavy (non-hydrogen) atoms. The molecule has 2 N–H and O–H groups in total. The molecule has 0 rings (SSSR count). The van der Waals surface area contributed by atoms with E-state index in [2.05, 4.69) is 5.73 Å². The van der Waals surface area contributed by atoms with E-state index in [-0.39, 0.29) is 0 Å². The van der Waals surface area contributed by atoms with E-state index < -0.39 is 18.3 Å². The highest BCUT2D eigenvalue weighted by atomic mass is 19.2. The number of hydrogen-bond acceptors (Lipinski definition) is 1.